The van der Waals surface area contributed by atoms with Crippen molar-refractivity contribution in [2.24, 2.45) is 7.05 Å². The second-order valence-corrected chi connectivity index (χ2v) is 3.57. The highest BCUT2D eigenvalue weighted by Crippen LogP contribution is 2.23. The predicted octanol–water partition coefficient (Wildman–Crippen LogP) is 1.62. The van der Waals surface area contributed by atoms with Gasteiger partial charge in [-0.2, -0.15) is 5.10 Å². The molecule has 0 aliphatic heterocycles. The van der Waals surface area contributed by atoms with Gasteiger partial charge in [0.25, 0.3) is 0 Å². The van der Waals surface area contributed by atoms with E-state index < -0.39 is 0 Å². The van der Waals surface area contributed by atoms with Crippen molar-refractivity contribution in [1.29, 1.82) is 0 Å². The Balaban J connectivity index is 2.50. The largest absolute Gasteiger partial charge is 0.370 e. The Hall–Kier alpha value is -1.91. The van der Waals surface area contributed by atoms with Crippen LogP contribution in [0.3, 0.4) is 0 Å². The molecule has 0 aromatic carbocycles. The molecule has 0 bridgehead atoms. The monoisotopic (exact) mass is 217 g/mol. The first-order valence-corrected chi connectivity index (χ1v) is 5.28. The lowest BCUT2D eigenvalue weighted by atomic mass is 10.2. The van der Waals surface area contributed by atoms with Crippen LogP contribution in [0, 0.1) is 6.92 Å². The zero-order valence-electron chi connectivity index (χ0n) is 9.73. The summed E-state index contributed by atoms with van der Waals surface area (Å²) in [6, 6.07) is 1.95. The van der Waals surface area contributed by atoms with Gasteiger partial charge in [0.05, 0.1) is 11.4 Å². The number of anilines is 1. The Morgan fingerprint density at radius 2 is 2.19 bits per heavy atom. The predicted molar refractivity (Wildman–Crippen MR) is 63.1 cm³/mol. The molecule has 2 aromatic heterocycles. The maximum absolute atomic E-state index is 4.31. The number of aromatic nitrogens is 4. The fourth-order valence-corrected chi connectivity index (χ4v) is 1.66. The molecule has 1 N–H and O–H groups in total. The lowest BCUT2D eigenvalue weighted by Gasteiger charge is -2.09. The van der Waals surface area contributed by atoms with Crippen LogP contribution in [-0.2, 0) is 7.05 Å². The van der Waals surface area contributed by atoms with Crippen LogP contribution < -0.4 is 5.32 Å². The maximum atomic E-state index is 4.31. The van der Waals surface area contributed by atoms with Gasteiger partial charge in [-0.25, -0.2) is 9.97 Å². The summed E-state index contributed by atoms with van der Waals surface area (Å²) in [4.78, 5) is 8.53. The molecule has 0 atom stereocenters. The van der Waals surface area contributed by atoms with E-state index in [1.54, 1.807) is 12.5 Å². The van der Waals surface area contributed by atoms with Gasteiger partial charge in [0.2, 0.25) is 0 Å². The van der Waals surface area contributed by atoms with Crippen molar-refractivity contribution in [2.45, 2.75) is 13.8 Å². The molecule has 0 radical (unpaired) electrons. The lowest BCUT2D eigenvalue weighted by molar-refractivity contribution is 0.772. The molecule has 0 aliphatic rings. The molecule has 2 heterocycles. The summed E-state index contributed by atoms with van der Waals surface area (Å²) in [7, 11) is 1.91. The van der Waals surface area contributed by atoms with E-state index in [-0.39, 0.29) is 0 Å². The number of hydrogen-bond acceptors (Lipinski definition) is 4. The third kappa shape index (κ3) is 1.76. The van der Waals surface area contributed by atoms with Crippen LogP contribution in [0.5, 0.6) is 0 Å². The van der Waals surface area contributed by atoms with Gasteiger partial charge in [-0.1, -0.05) is 0 Å². The highest BCUT2D eigenvalue weighted by Gasteiger charge is 2.10. The van der Waals surface area contributed by atoms with Crippen molar-refractivity contribution < 1.29 is 0 Å². The average Bonchev–Trinajstić information content (AvgIpc) is 2.68. The molecule has 0 saturated heterocycles. The van der Waals surface area contributed by atoms with E-state index in [1.807, 2.05) is 31.6 Å². The maximum Gasteiger partial charge on any atom is 0.132 e. The third-order valence-corrected chi connectivity index (χ3v) is 2.49. The topological polar surface area (TPSA) is 55.6 Å². The smallest absolute Gasteiger partial charge is 0.132 e. The molecule has 2 aromatic rings. The fourth-order valence-electron chi connectivity index (χ4n) is 1.66. The van der Waals surface area contributed by atoms with Crippen LogP contribution in [0.1, 0.15) is 12.5 Å². The van der Waals surface area contributed by atoms with Gasteiger partial charge in [-0.05, 0) is 19.9 Å². The summed E-state index contributed by atoms with van der Waals surface area (Å²) in [5.74, 6) is 0.883. The van der Waals surface area contributed by atoms with Crippen molar-refractivity contribution in [3.8, 4) is 11.4 Å². The molecule has 0 amide bonds. The van der Waals surface area contributed by atoms with E-state index in [0.717, 1.165) is 29.3 Å². The second kappa shape index (κ2) is 4.30. The van der Waals surface area contributed by atoms with Crippen LogP contribution in [-0.4, -0.2) is 26.3 Å². The van der Waals surface area contributed by atoms with Crippen molar-refractivity contribution in [3.05, 3.63) is 24.2 Å². The first-order chi connectivity index (χ1) is 7.74. The SMILES string of the molecule is CCNc1ncnc(-c2ccnn2C)c1C. The van der Waals surface area contributed by atoms with Crippen LogP contribution in [0.4, 0.5) is 5.82 Å². The Morgan fingerprint density at radius 1 is 1.38 bits per heavy atom. The average molecular weight is 217 g/mol. The highest BCUT2D eigenvalue weighted by molar-refractivity contribution is 5.64. The highest BCUT2D eigenvalue weighted by atomic mass is 15.3. The zero-order valence-corrected chi connectivity index (χ0v) is 9.73. The minimum Gasteiger partial charge on any atom is -0.370 e. The molecule has 0 saturated carbocycles. The first-order valence-electron chi connectivity index (χ1n) is 5.28. The number of hydrogen-bond donors (Lipinski definition) is 1. The normalized spacial score (nSPS) is 10.4. The fraction of sp³-hybridized carbons (Fsp3) is 0.364. The third-order valence-electron chi connectivity index (χ3n) is 2.49. The Bertz CT molecular complexity index is 489. The molecule has 5 nitrogen and oxygen atoms in total. The summed E-state index contributed by atoms with van der Waals surface area (Å²) in [6.45, 7) is 4.91. The van der Waals surface area contributed by atoms with Gasteiger partial charge < -0.3 is 5.32 Å². The minimum absolute atomic E-state index is 0.850. The van der Waals surface area contributed by atoms with E-state index in [4.69, 9.17) is 0 Å². The van der Waals surface area contributed by atoms with Gasteiger partial charge in [0, 0.05) is 25.4 Å². The lowest BCUT2D eigenvalue weighted by Crippen LogP contribution is -2.05. The molecule has 16 heavy (non-hydrogen) atoms. The summed E-state index contributed by atoms with van der Waals surface area (Å²) in [5.41, 5.74) is 2.97. The van der Waals surface area contributed by atoms with Crippen molar-refractivity contribution >= 4 is 5.82 Å². The van der Waals surface area contributed by atoms with E-state index in [0.29, 0.717) is 0 Å². The summed E-state index contributed by atoms with van der Waals surface area (Å²) >= 11 is 0. The number of nitrogens with zero attached hydrogens (tertiary/aromatic N) is 4. The molecule has 84 valence electrons. The summed E-state index contributed by atoms with van der Waals surface area (Å²) < 4.78 is 1.81. The quantitative estimate of drug-likeness (QED) is 0.848. The van der Waals surface area contributed by atoms with E-state index in [2.05, 4.69) is 20.4 Å². The van der Waals surface area contributed by atoms with Crippen LogP contribution >= 0.6 is 0 Å². The molecular formula is C11H15N5. The minimum atomic E-state index is 0.850. The number of rotatable bonds is 3. The van der Waals surface area contributed by atoms with Crippen molar-refractivity contribution in [2.75, 3.05) is 11.9 Å². The van der Waals surface area contributed by atoms with Crippen molar-refractivity contribution in [3.63, 3.8) is 0 Å². The Kier molecular flexibility index (Phi) is 2.85. The van der Waals surface area contributed by atoms with Gasteiger partial charge in [-0.15, -0.1) is 0 Å². The molecule has 2 rings (SSSR count). The molecule has 0 aliphatic carbocycles. The van der Waals surface area contributed by atoms with E-state index in [9.17, 15) is 0 Å². The first kappa shape index (κ1) is 10.6. The molecule has 5 heteroatoms. The number of aryl methyl sites for hydroxylation is 1. The van der Waals surface area contributed by atoms with E-state index >= 15 is 0 Å². The van der Waals surface area contributed by atoms with Crippen LogP contribution in [0.15, 0.2) is 18.6 Å². The van der Waals surface area contributed by atoms with E-state index in [1.165, 1.54) is 0 Å². The zero-order chi connectivity index (χ0) is 11.5. The Labute approximate surface area is 94.5 Å². The van der Waals surface area contributed by atoms with Crippen LogP contribution in [0.25, 0.3) is 11.4 Å². The molecule has 0 fully saturated rings. The number of nitrogens with one attached hydrogen (secondary N) is 1. The van der Waals surface area contributed by atoms with Gasteiger partial charge in [0.1, 0.15) is 12.1 Å². The van der Waals surface area contributed by atoms with Gasteiger partial charge in [-0.3, -0.25) is 4.68 Å². The summed E-state index contributed by atoms with van der Waals surface area (Å²) in [5, 5.41) is 7.36. The van der Waals surface area contributed by atoms with Gasteiger partial charge >= 0.3 is 0 Å². The Morgan fingerprint density at radius 3 is 2.81 bits per heavy atom. The molecular weight excluding hydrogens is 202 g/mol. The van der Waals surface area contributed by atoms with Crippen LogP contribution in [0.2, 0.25) is 0 Å². The van der Waals surface area contributed by atoms with Crippen molar-refractivity contribution in [1.82, 2.24) is 19.7 Å². The molecule has 0 spiro atoms. The molecule has 0 unspecified atom stereocenters. The second-order valence-electron chi connectivity index (χ2n) is 3.57. The van der Waals surface area contributed by atoms with Gasteiger partial charge in [0.15, 0.2) is 0 Å². The summed E-state index contributed by atoms with van der Waals surface area (Å²) in [6.07, 6.45) is 3.34. The standard InChI is InChI=1S/C11H15N5/c1-4-12-11-8(2)10(13-7-14-11)9-5-6-15-16(9)3/h5-7H,4H2,1-3H3,(H,12,13,14).